The van der Waals surface area contributed by atoms with Gasteiger partial charge in [-0.15, -0.1) is 0 Å². The molecule has 5 nitrogen and oxygen atoms in total. The second-order valence-corrected chi connectivity index (χ2v) is 7.09. The van der Waals surface area contributed by atoms with Crippen molar-refractivity contribution in [2.45, 2.75) is 33.4 Å². The van der Waals surface area contributed by atoms with E-state index in [1.54, 1.807) is 6.20 Å². The van der Waals surface area contributed by atoms with E-state index in [2.05, 4.69) is 10.3 Å². The number of nitrogens with zero attached hydrogens (tertiary/aromatic N) is 2. The van der Waals surface area contributed by atoms with E-state index in [0.29, 0.717) is 17.8 Å². The first kappa shape index (κ1) is 20.3. The lowest BCUT2D eigenvalue weighted by Crippen LogP contribution is -2.33. The lowest BCUT2D eigenvalue weighted by Gasteiger charge is -2.30. The summed E-state index contributed by atoms with van der Waals surface area (Å²) >= 11 is 0. The van der Waals surface area contributed by atoms with Crippen molar-refractivity contribution in [3.8, 4) is 0 Å². The third kappa shape index (κ3) is 5.29. The highest BCUT2D eigenvalue weighted by atomic mass is 16.2. The number of aryl methyl sites for hydroxylation is 1. The van der Waals surface area contributed by atoms with Crippen LogP contribution in [0.5, 0.6) is 0 Å². The molecule has 5 heteroatoms. The zero-order valence-corrected chi connectivity index (χ0v) is 16.9. The molecule has 3 rings (SSSR count). The van der Waals surface area contributed by atoms with Crippen molar-refractivity contribution in [3.05, 3.63) is 95.3 Å². The Hall–Kier alpha value is -3.47. The number of amides is 2. The Morgan fingerprint density at radius 3 is 2.45 bits per heavy atom. The van der Waals surface area contributed by atoms with Crippen molar-refractivity contribution < 1.29 is 9.59 Å². The molecule has 1 atom stereocenters. The highest BCUT2D eigenvalue weighted by molar-refractivity contribution is 5.94. The number of aromatic nitrogens is 1. The maximum atomic E-state index is 13.4. The van der Waals surface area contributed by atoms with Gasteiger partial charge in [-0.1, -0.05) is 42.5 Å². The minimum Gasteiger partial charge on any atom is -0.328 e. The van der Waals surface area contributed by atoms with Crippen molar-refractivity contribution >= 4 is 17.5 Å². The van der Waals surface area contributed by atoms with Gasteiger partial charge in [0.25, 0.3) is 5.91 Å². The summed E-state index contributed by atoms with van der Waals surface area (Å²) in [5.41, 5.74) is 4.13. The summed E-state index contributed by atoms with van der Waals surface area (Å²) in [6, 6.07) is 21.0. The first-order valence-corrected chi connectivity index (χ1v) is 9.59. The molecule has 3 aromatic rings. The minimum absolute atomic E-state index is 0.0845. The van der Waals surface area contributed by atoms with Crippen molar-refractivity contribution in [3.63, 3.8) is 0 Å². The summed E-state index contributed by atoms with van der Waals surface area (Å²) in [4.78, 5) is 30.9. The predicted molar refractivity (Wildman–Crippen MR) is 114 cm³/mol. The highest BCUT2D eigenvalue weighted by Gasteiger charge is 2.23. The van der Waals surface area contributed by atoms with Crippen LogP contribution in [0, 0.1) is 6.92 Å². The molecule has 0 bridgehead atoms. The molecule has 1 aromatic heterocycles. The van der Waals surface area contributed by atoms with Crippen LogP contribution in [0.25, 0.3) is 0 Å². The summed E-state index contributed by atoms with van der Waals surface area (Å²) in [5, 5.41) is 2.80. The van der Waals surface area contributed by atoms with Crippen molar-refractivity contribution in [2.75, 3.05) is 5.32 Å². The van der Waals surface area contributed by atoms with Crippen LogP contribution in [0.1, 0.15) is 47.1 Å². The number of carbonyl (C=O) groups is 2. The second-order valence-electron chi connectivity index (χ2n) is 7.09. The van der Waals surface area contributed by atoms with Gasteiger partial charge in [-0.05, 0) is 49.2 Å². The Morgan fingerprint density at radius 2 is 1.79 bits per heavy atom. The lowest BCUT2D eigenvalue weighted by molar-refractivity contribution is -0.114. The summed E-state index contributed by atoms with van der Waals surface area (Å²) in [5.74, 6) is -0.212. The van der Waals surface area contributed by atoms with E-state index >= 15 is 0 Å². The molecule has 0 saturated heterocycles. The summed E-state index contributed by atoms with van der Waals surface area (Å²) in [6.45, 7) is 5.84. The summed E-state index contributed by atoms with van der Waals surface area (Å²) < 4.78 is 0. The Labute approximate surface area is 171 Å². The molecule has 29 heavy (non-hydrogen) atoms. The van der Waals surface area contributed by atoms with E-state index in [9.17, 15) is 9.59 Å². The van der Waals surface area contributed by atoms with Crippen LogP contribution >= 0.6 is 0 Å². The molecule has 0 aliphatic heterocycles. The first-order valence-electron chi connectivity index (χ1n) is 9.59. The molecule has 1 N–H and O–H groups in total. The average molecular weight is 387 g/mol. The minimum atomic E-state index is -0.197. The Bertz CT molecular complexity index is 985. The monoisotopic (exact) mass is 387 g/mol. The van der Waals surface area contributed by atoms with E-state index in [1.165, 1.54) is 6.92 Å². The fourth-order valence-electron chi connectivity index (χ4n) is 3.18. The van der Waals surface area contributed by atoms with Crippen molar-refractivity contribution in [2.24, 2.45) is 0 Å². The second kappa shape index (κ2) is 9.15. The fraction of sp³-hybridized carbons (Fsp3) is 0.208. The molecule has 0 aliphatic carbocycles. The number of benzene rings is 2. The molecule has 2 aromatic carbocycles. The molecular weight excluding hydrogens is 362 g/mol. The van der Waals surface area contributed by atoms with Crippen LogP contribution in [0.4, 0.5) is 5.69 Å². The van der Waals surface area contributed by atoms with E-state index in [-0.39, 0.29) is 17.9 Å². The highest BCUT2D eigenvalue weighted by Crippen LogP contribution is 2.26. The van der Waals surface area contributed by atoms with Gasteiger partial charge in [0, 0.05) is 31.0 Å². The van der Waals surface area contributed by atoms with Crippen LogP contribution in [0.2, 0.25) is 0 Å². The summed E-state index contributed by atoms with van der Waals surface area (Å²) in [7, 11) is 0. The van der Waals surface area contributed by atoms with Gasteiger partial charge >= 0.3 is 0 Å². The van der Waals surface area contributed by atoms with Crippen LogP contribution in [-0.4, -0.2) is 21.7 Å². The van der Waals surface area contributed by atoms with Crippen molar-refractivity contribution in [1.82, 2.24) is 9.88 Å². The first-order chi connectivity index (χ1) is 13.9. The summed E-state index contributed by atoms with van der Waals surface area (Å²) in [6.07, 6.45) is 1.62. The number of nitrogens with one attached hydrogen (secondary N) is 1. The van der Waals surface area contributed by atoms with Gasteiger partial charge in [-0.3, -0.25) is 14.6 Å². The Balaban J connectivity index is 1.94. The molecule has 2 amide bonds. The van der Waals surface area contributed by atoms with Gasteiger partial charge in [-0.2, -0.15) is 0 Å². The molecule has 1 heterocycles. The van der Waals surface area contributed by atoms with Gasteiger partial charge in [0.1, 0.15) is 0 Å². The van der Waals surface area contributed by atoms with Crippen LogP contribution in [0.3, 0.4) is 0 Å². The van der Waals surface area contributed by atoms with Gasteiger partial charge in [0.05, 0.1) is 11.6 Å². The van der Waals surface area contributed by atoms with E-state index in [1.807, 2.05) is 85.5 Å². The molecular formula is C24H25N3O2. The number of pyridine rings is 1. The normalized spacial score (nSPS) is 11.6. The number of carbonyl (C=O) groups excluding carboxylic acids is 2. The molecule has 148 valence electrons. The van der Waals surface area contributed by atoms with Gasteiger partial charge in [0.15, 0.2) is 0 Å². The maximum Gasteiger partial charge on any atom is 0.256 e. The maximum absolute atomic E-state index is 13.4. The number of hydrogen-bond donors (Lipinski definition) is 1. The Morgan fingerprint density at radius 1 is 1.03 bits per heavy atom. The van der Waals surface area contributed by atoms with E-state index in [0.717, 1.165) is 16.8 Å². The van der Waals surface area contributed by atoms with Crippen LogP contribution < -0.4 is 5.32 Å². The van der Waals surface area contributed by atoms with Gasteiger partial charge < -0.3 is 10.2 Å². The molecule has 0 saturated carbocycles. The fourth-order valence-corrected chi connectivity index (χ4v) is 3.18. The number of rotatable bonds is 6. The lowest BCUT2D eigenvalue weighted by atomic mass is 10.0. The SMILES string of the molecule is CC(=O)Nc1cccc(C(C)N(Cc2ccccc2)C(=O)c2ccc(C)nc2)c1. The zero-order valence-electron chi connectivity index (χ0n) is 16.9. The molecule has 0 fully saturated rings. The molecule has 1 unspecified atom stereocenters. The van der Waals surface area contributed by atoms with Crippen molar-refractivity contribution in [1.29, 1.82) is 0 Å². The van der Waals surface area contributed by atoms with E-state index in [4.69, 9.17) is 0 Å². The van der Waals surface area contributed by atoms with Crippen LogP contribution in [0.15, 0.2) is 72.9 Å². The third-order valence-corrected chi connectivity index (χ3v) is 4.77. The zero-order chi connectivity index (χ0) is 20.8. The number of anilines is 1. The van der Waals surface area contributed by atoms with Gasteiger partial charge in [0.2, 0.25) is 5.91 Å². The quantitative estimate of drug-likeness (QED) is 0.664. The topological polar surface area (TPSA) is 62.3 Å². The standard InChI is InChI=1S/C24H25N3O2/c1-17-12-13-22(15-25-17)24(29)27(16-20-8-5-4-6-9-20)18(2)21-10-7-11-23(14-21)26-19(3)28/h4-15,18H,16H2,1-3H3,(H,26,28). The molecule has 0 aliphatic rings. The van der Waals surface area contributed by atoms with Gasteiger partial charge in [-0.25, -0.2) is 0 Å². The van der Waals surface area contributed by atoms with Crippen LogP contribution in [-0.2, 0) is 11.3 Å². The molecule has 0 radical (unpaired) electrons. The smallest absolute Gasteiger partial charge is 0.256 e. The predicted octanol–water partition coefficient (Wildman–Crippen LogP) is 4.75. The Kier molecular flexibility index (Phi) is 6.39. The average Bonchev–Trinajstić information content (AvgIpc) is 2.72. The third-order valence-electron chi connectivity index (χ3n) is 4.77. The molecule has 0 spiro atoms. The van der Waals surface area contributed by atoms with E-state index < -0.39 is 0 Å². The number of hydrogen-bond acceptors (Lipinski definition) is 3. The largest absolute Gasteiger partial charge is 0.328 e.